The van der Waals surface area contributed by atoms with Gasteiger partial charge in [-0.25, -0.2) is 9.97 Å². The Balaban J connectivity index is 1.71. The van der Waals surface area contributed by atoms with Crippen LogP contribution in [-0.4, -0.2) is 31.3 Å². The smallest absolute Gasteiger partial charge is 0.248 e. The van der Waals surface area contributed by atoms with E-state index in [2.05, 4.69) is 26.8 Å². The lowest BCUT2D eigenvalue weighted by Crippen LogP contribution is -2.33. The summed E-state index contributed by atoms with van der Waals surface area (Å²) in [5.74, 6) is -0.534. The molecule has 5 N–H and O–H groups in total. The number of hydrogen-bond acceptors (Lipinski definition) is 6. The minimum absolute atomic E-state index is 0.307. The van der Waals surface area contributed by atoms with E-state index in [0.29, 0.717) is 29.0 Å². The number of pyridine rings is 1. The molecule has 1 aliphatic rings. The quantitative estimate of drug-likeness (QED) is 0.340. The monoisotopic (exact) mass is 475 g/mol. The molecule has 4 heterocycles. The number of primary amides is 1. The van der Waals surface area contributed by atoms with Gasteiger partial charge in [0.05, 0.1) is 22.6 Å². The molecule has 36 heavy (non-hydrogen) atoms. The van der Waals surface area contributed by atoms with Crippen molar-refractivity contribution in [2.75, 3.05) is 5.73 Å². The average Bonchev–Trinajstić information content (AvgIpc) is 3.23. The summed E-state index contributed by atoms with van der Waals surface area (Å²) < 4.78 is 2.00. The van der Waals surface area contributed by atoms with Crippen LogP contribution < -0.4 is 16.8 Å². The number of nitrogens with one attached hydrogen (secondary N) is 1. The largest absolute Gasteiger partial charge is 0.383 e. The predicted molar refractivity (Wildman–Crippen MR) is 138 cm³/mol. The number of benzene rings is 2. The molecule has 2 aromatic carbocycles. The molecule has 9 nitrogen and oxygen atoms in total. The molecule has 0 radical (unpaired) electrons. The molecule has 5 aromatic rings. The first-order valence-electron chi connectivity index (χ1n) is 11.3. The van der Waals surface area contributed by atoms with Crippen molar-refractivity contribution in [3.63, 3.8) is 0 Å². The molecular weight excluding hydrogens is 454 g/mol. The van der Waals surface area contributed by atoms with E-state index in [1.807, 2.05) is 41.0 Å². The highest BCUT2D eigenvalue weighted by Crippen LogP contribution is 2.47. The molecule has 0 saturated heterocycles. The van der Waals surface area contributed by atoms with E-state index < -0.39 is 11.9 Å². The topological polar surface area (TPSA) is 142 Å². The van der Waals surface area contributed by atoms with Crippen LogP contribution in [0.15, 0.2) is 73.7 Å². The summed E-state index contributed by atoms with van der Waals surface area (Å²) in [4.78, 5) is 37.9. The molecule has 3 aromatic heterocycles. The van der Waals surface area contributed by atoms with Crippen molar-refractivity contribution in [3.8, 4) is 22.4 Å². The number of rotatable bonds is 4. The molecule has 2 amide bonds. The summed E-state index contributed by atoms with van der Waals surface area (Å²) in [6.45, 7) is 3.96. The zero-order valence-corrected chi connectivity index (χ0v) is 19.1. The average molecular weight is 476 g/mol. The summed E-state index contributed by atoms with van der Waals surface area (Å²) in [5.41, 5.74) is 17.9. The Bertz CT molecular complexity index is 1740. The number of nitrogens with two attached hydrogens (primary N) is 2. The molecule has 1 aliphatic heterocycles. The Labute approximate surface area is 205 Å². The lowest BCUT2D eigenvalue weighted by molar-refractivity contribution is -0.117. The molecule has 9 heteroatoms. The van der Waals surface area contributed by atoms with Gasteiger partial charge < -0.3 is 21.4 Å². The van der Waals surface area contributed by atoms with Gasteiger partial charge in [0.2, 0.25) is 11.8 Å². The molecule has 176 valence electrons. The van der Waals surface area contributed by atoms with Crippen LogP contribution in [0.3, 0.4) is 0 Å². The third kappa shape index (κ3) is 3.21. The van der Waals surface area contributed by atoms with Gasteiger partial charge in [0, 0.05) is 40.4 Å². The van der Waals surface area contributed by atoms with E-state index in [1.54, 1.807) is 18.3 Å². The van der Waals surface area contributed by atoms with Crippen molar-refractivity contribution in [3.05, 3.63) is 84.8 Å². The van der Waals surface area contributed by atoms with E-state index in [0.717, 1.165) is 38.9 Å². The molecular formula is C27H21N7O2. The third-order valence-corrected chi connectivity index (χ3v) is 6.58. The van der Waals surface area contributed by atoms with Crippen molar-refractivity contribution >= 4 is 39.6 Å². The van der Waals surface area contributed by atoms with Crippen LogP contribution >= 0.6 is 0 Å². The van der Waals surface area contributed by atoms with Gasteiger partial charge in [-0.3, -0.25) is 14.6 Å². The molecule has 0 fully saturated rings. The molecule has 0 spiro atoms. The van der Waals surface area contributed by atoms with Crippen LogP contribution in [0, 0.1) is 0 Å². The maximum absolute atomic E-state index is 12.3. The molecule has 6 rings (SSSR count). The Morgan fingerprint density at radius 1 is 1.11 bits per heavy atom. The maximum Gasteiger partial charge on any atom is 0.248 e. The van der Waals surface area contributed by atoms with Gasteiger partial charge in [-0.15, -0.1) is 0 Å². The van der Waals surface area contributed by atoms with Crippen molar-refractivity contribution < 1.29 is 9.59 Å². The molecule has 1 atom stereocenters. The van der Waals surface area contributed by atoms with Crippen LogP contribution in [0.1, 0.15) is 22.0 Å². The van der Waals surface area contributed by atoms with Crippen LogP contribution in [0.5, 0.6) is 0 Å². The van der Waals surface area contributed by atoms with E-state index in [4.69, 9.17) is 11.5 Å². The first kappa shape index (κ1) is 21.5. The Morgan fingerprint density at radius 2 is 1.94 bits per heavy atom. The van der Waals surface area contributed by atoms with E-state index in [9.17, 15) is 9.59 Å². The highest BCUT2D eigenvalue weighted by molar-refractivity contribution is 6.09. The van der Waals surface area contributed by atoms with Gasteiger partial charge in [-0.05, 0) is 35.9 Å². The van der Waals surface area contributed by atoms with E-state index in [1.165, 1.54) is 12.4 Å². The third-order valence-electron chi connectivity index (χ3n) is 6.58. The van der Waals surface area contributed by atoms with Gasteiger partial charge in [0.15, 0.2) is 0 Å². The predicted octanol–water partition coefficient (Wildman–Crippen LogP) is 3.35. The second-order valence-corrected chi connectivity index (χ2v) is 8.64. The summed E-state index contributed by atoms with van der Waals surface area (Å²) in [5, 5.41) is 4.63. The molecule has 0 saturated carbocycles. The Morgan fingerprint density at radius 3 is 2.75 bits per heavy atom. The van der Waals surface area contributed by atoms with Crippen molar-refractivity contribution in [2.24, 2.45) is 5.73 Å². The zero-order chi connectivity index (χ0) is 25.0. The summed E-state index contributed by atoms with van der Waals surface area (Å²) in [7, 11) is 0. The first-order chi connectivity index (χ1) is 17.5. The van der Waals surface area contributed by atoms with Crippen molar-refractivity contribution in [1.29, 1.82) is 0 Å². The SMILES string of the molecule is C=CC(=O)NC1Cn2c(c(-c3cnc4ccccc4c3)c3c(N)ncnc32)-c2cc(C(N)=O)ccc21. The normalized spacial score (nSPS) is 14.3. The van der Waals surface area contributed by atoms with Gasteiger partial charge in [-0.1, -0.05) is 30.8 Å². The maximum atomic E-state index is 12.3. The molecule has 0 bridgehead atoms. The van der Waals surface area contributed by atoms with Gasteiger partial charge in [0.1, 0.15) is 17.8 Å². The fraction of sp³-hybridized carbons (Fsp3) is 0.0741. The number of carbonyl (C=O) groups is 2. The number of anilines is 1. The molecule has 1 unspecified atom stereocenters. The first-order valence-corrected chi connectivity index (χ1v) is 11.3. The van der Waals surface area contributed by atoms with Crippen molar-refractivity contribution in [2.45, 2.75) is 12.6 Å². The van der Waals surface area contributed by atoms with Crippen LogP contribution in [0.25, 0.3) is 44.3 Å². The highest BCUT2D eigenvalue weighted by atomic mass is 16.1. The Hall–Kier alpha value is -5.05. The zero-order valence-electron chi connectivity index (χ0n) is 19.1. The second kappa shape index (κ2) is 8.02. The summed E-state index contributed by atoms with van der Waals surface area (Å²) in [6.07, 6.45) is 4.45. The van der Waals surface area contributed by atoms with Gasteiger partial charge in [-0.2, -0.15) is 0 Å². The summed E-state index contributed by atoms with van der Waals surface area (Å²) >= 11 is 0. The number of aromatic nitrogens is 4. The standard InChI is InChI=1S/C27H21N7O2/c1-2-21(35)33-20-12-34-24(18-10-15(26(29)36)7-8-17(18)20)22(23-25(28)31-13-32-27(23)34)16-9-14-5-3-4-6-19(14)30-11-16/h2-11,13,20H,1,12H2,(H2,29,36)(H,33,35)(H2,28,31,32). The van der Waals surface area contributed by atoms with Gasteiger partial charge >= 0.3 is 0 Å². The van der Waals surface area contributed by atoms with Crippen LogP contribution in [0.2, 0.25) is 0 Å². The van der Waals surface area contributed by atoms with Crippen molar-refractivity contribution in [1.82, 2.24) is 24.8 Å². The fourth-order valence-corrected chi connectivity index (χ4v) is 4.99. The van der Waals surface area contributed by atoms with E-state index >= 15 is 0 Å². The second-order valence-electron chi connectivity index (χ2n) is 8.64. The number of hydrogen-bond donors (Lipinski definition) is 3. The number of fused-ring (bicyclic) bond motifs is 6. The lowest BCUT2D eigenvalue weighted by Gasteiger charge is -2.29. The minimum atomic E-state index is -0.550. The van der Waals surface area contributed by atoms with Crippen LogP contribution in [0.4, 0.5) is 5.82 Å². The van der Waals surface area contributed by atoms with Gasteiger partial charge in [0.25, 0.3) is 0 Å². The minimum Gasteiger partial charge on any atom is -0.383 e. The number of nitrogens with zero attached hydrogens (tertiary/aromatic N) is 4. The Kier molecular flexibility index (Phi) is 4.78. The lowest BCUT2D eigenvalue weighted by atomic mass is 9.89. The summed E-state index contributed by atoms with van der Waals surface area (Å²) in [6, 6.07) is 14.7. The number of amides is 2. The number of para-hydroxylation sites is 1. The molecule has 0 aliphatic carbocycles. The number of nitrogen functional groups attached to an aromatic ring is 1. The van der Waals surface area contributed by atoms with Crippen LogP contribution in [-0.2, 0) is 11.3 Å². The fourth-order valence-electron chi connectivity index (χ4n) is 4.99. The highest BCUT2D eigenvalue weighted by Gasteiger charge is 2.33. The number of carbonyl (C=O) groups excluding carboxylic acids is 2. The van der Waals surface area contributed by atoms with E-state index in [-0.39, 0.29) is 5.91 Å².